The van der Waals surface area contributed by atoms with Crippen LogP contribution in [0.4, 0.5) is 11.4 Å². The maximum atomic E-state index is 13.6. The first-order valence-electron chi connectivity index (χ1n) is 12.3. The number of para-hydroxylation sites is 1. The molecule has 0 bridgehead atoms. The van der Waals surface area contributed by atoms with Gasteiger partial charge in [0.2, 0.25) is 5.91 Å². The van der Waals surface area contributed by atoms with Crippen molar-refractivity contribution < 1.29 is 18.0 Å². The molecule has 3 aromatic rings. The lowest BCUT2D eigenvalue weighted by Gasteiger charge is -2.25. The van der Waals surface area contributed by atoms with Crippen molar-refractivity contribution in [2.75, 3.05) is 16.2 Å². The van der Waals surface area contributed by atoms with Gasteiger partial charge in [0.25, 0.3) is 15.9 Å². The van der Waals surface area contributed by atoms with E-state index in [1.165, 1.54) is 30.7 Å². The molecule has 1 saturated carbocycles. The maximum Gasteiger partial charge on any atom is 0.264 e. The van der Waals surface area contributed by atoms with Crippen LogP contribution in [0.5, 0.6) is 0 Å². The van der Waals surface area contributed by atoms with Gasteiger partial charge in [0.15, 0.2) is 0 Å². The lowest BCUT2D eigenvalue weighted by Crippen LogP contribution is -2.39. The molecule has 2 N–H and O–H groups in total. The van der Waals surface area contributed by atoms with E-state index in [9.17, 15) is 18.0 Å². The summed E-state index contributed by atoms with van der Waals surface area (Å²) in [5.41, 5.74) is 1.96. The minimum absolute atomic E-state index is 0.0116. The van der Waals surface area contributed by atoms with Crippen molar-refractivity contribution in [3.63, 3.8) is 0 Å². The van der Waals surface area contributed by atoms with Gasteiger partial charge in [-0.25, -0.2) is 8.42 Å². The highest BCUT2D eigenvalue weighted by Gasteiger charge is 2.28. The third-order valence-corrected chi connectivity index (χ3v) is 8.44. The van der Waals surface area contributed by atoms with Gasteiger partial charge in [-0.3, -0.25) is 13.9 Å². The average molecular weight is 540 g/mol. The maximum absolute atomic E-state index is 13.6. The number of hydrogen-bond donors (Lipinski definition) is 2. The number of rotatable bonds is 8. The largest absolute Gasteiger partial charge is 0.349 e. The number of sulfonamides is 1. The van der Waals surface area contributed by atoms with Crippen LogP contribution in [0.15, 0.2) is 77.7 Å². The highest BCUT2D eigenvalue weighted by Crippen LogP contribution is 2.26. The lowest BCUT2D eigenvalue weighted by molar-refractivity contribution is -0.114. The summed E-state index contributed by atoms with van der Waals surface area (Å²) in [6.07, 6.45) is 5.22. The summed E-state index contributed by atoms with van der Waals surface area (Å²) in [5, 5.41) is 6.21. The van der Waals surface area contributed by atoms with Gasteiger partial charge in [0.05, 0.1) is 21.8 Å². The van der Waals surface area contributed by atoms with Crippen LogP contribution in [-0.4, -0.2) is 32.8 Å². The number of anilines is 2. The third-order valence-electron chi connectivity index (χ3n) is 6.40. The molecule has 1 aliphatic carbocycles. The number of amides is 2. The topological polar surface area (TPSA) is 95.6 Å². The molecule has 7 nitrogen and oxygen atoms in total. The summed E-state index contributed by atoms with van der Waals surface area (Å²) in [6.45, 7) is 1.41. The molecule has 194 valence electrons. The zero-order valence-corrected chi connectivity index (χ0v) is 22.2. The highest BCUT2D eigenvalue weighted by molar-refractivity contribution is 7.92. The minimum atomic E-state index is -4.08. The number of aryl methyl sites for hydroxylation is 1. The van der Waals surface area contributed by atoms with Crippen molar-refractivity contribution in [2.45, 2.75) is 50.0 Å². The Morgan fingerprint density at radius 1 is 0.919 bits per heavy atom. The molecule has 0 spiro atoms. The normalized spacial score (nSPS) is 14.1. The van der Waals surface area contributed by atoms with E-state index in [-0.39, 0.29) is 16.8 Å². The van der Waals surface area contributed by atoms with Gasteiger partial charge in [-0.2, -0.15) is 0 Å². The Morgan fingerprint density at radius 3 is 2.24 bits per heavy atom. The first-order chi connectivity index (χ1) is 17.7. The summed E-state index contributed by atoms with van der Waals surface area (Å²) in [4.78, 5) is 26.2. The SMILES string of the molecule is Cc1ccc(N(CC(=O)Nc2ccccc2C(=O)NC2CCCCC2)S(=O)(=O)c2ccc(Cl)cc2)cc1. The van der Waals surface area contributed by atoms with E-state index in [0.29, 0.717) is 22.0 Å². The first-order valence-corrected chi connectivity index (χ1v) is 14.1. The van der Waals surface area contributed by atoms with Crippen molar-refractivity contribution in [3.8, 4) is 0 Å². The van der Waals surface area contributed by atoms with Crippen LogP contribution >= 0.6 is 11.6 Å². The zero-order chi connectivity index (χ0) is 26.4. The molecular formula is C28H30ClN3O4S. The number of hydrogen-bond acceptors (Lipinski definition) is 4. The summed E-state index contributed by atoms with van der Waals surface area (Å²) in [7, 11) is -4.08. The van der Waals surface area contributed by atoms with Crippen LogP contribution in [-0.2, 0) is 14.8 Å². The van der Waals surface area contributed by atoms with Gasteiger partial charge < -0.3 is 10.6 Å². The summed E-state index contributed by atoms with van der Waals surface area (Å²) < 4.78 is 28.2. The van der Waals surface area contributed by atoms with E-state index in [1.54, 1.807) is 48.5 Å². The van der Waals surface area contributed by atoms with Gasteiger partial charge in [-0.15, -0.1) is 0 Å². The summed E-state index contributed by atoms with van der Waals surface area (Å²) in [6, 6.07) is 19.5. The Balaban J connectivity index is 1.57. The Bertz CT molecular complexity index is 1350. The molecule has 3 aromatic carbocycles. The van der Waals surface area contributed by atoms with E-state index in [0.717, 1.165) is 35.6 Å². The number of nitrogens with one attached hydrogen (secondary N) is 2. The van der Waals surface area contributed by atoms with Gasteiger partial charge >= 0.3 is 0 Å². The summed E-state index contributed by atoms with van der Waals surface area (Å²) >= 11 is 5.95. The van der Waals surface area contributed by atoms with Crippen molar-refractivity contribution in [1.29, 1.82) is 0 Å². The first kappa shape index (κ1) is 26.7. The number of benzene rings is 3. The van der Waals surface area contributed by atoms with Crippen LogP contribution in [0, 0.1) is 6.92 Å². The third kappa shape index (κ3) is 6.70. The van der Waals surface area contributed by atoms with Crippen LogP contribution in [0.2, 0.25) is 5.02 Å². The molecule has 0 heterocycles. The molecule has 0 saturated heterocycles. The second kappa shape index (κ2) is 11.8. The second-order valence-corrected chi connectivity index (χ2v) is 11.5. The van der Waals surface area contributed by atoms with Crippen molar-refractivity contribution in [3.05, 3.63) is 88.9 Å². The van der Waals surface area contributed by atoms with Gasteiger partial charge in [0, 0.05) is 11.1 Å². The summed E-state index contributed by atoms with van der Waals surface area (Å²) in [5.74, 6) is -0.831. The molecule has 0 aliphatic heterocycles. The molecule has 1 aliphatic rings. The molecule has 0 atom stereocenters. The lowest BCUT2D eigenvalue weighted by atomic mass is 9.95. The fourth-order valence-electron chi connectivity index (χ4n) is 4.38. The van der Waals surface area contributed by atoms with Gasteiger partial charge in [0.1, 0.15) is 6.54 Å². The number of carbonyl (C=O) groups excluding carboxylic acids is 2. The van der Waals surface area contributed by atoms with Gasteiger partial charge in [-0.1, -0.05) is 60.7 Å². The van der Waals surface area contributed by atoms with E-state index in [1.807, 2.05) is 6.92 Å². The fourth-order valence-corrected chi connectivity index (χ4v) is 5.93. The Labute approximate surface area is 222 Å². The average Bonchev–Trinajstić information content (AvgIpc) is 2.89. The Morgan fingerprint density at radius 2 is 1.57 bits per heavy atom. The standard InChI is InChI=1S/C28H30ClN3O4S/c1-20-11-15-23(16-12-20)32(37(35,36)24-17-13-21(29)14-18-24)19-27(33)31-26-10-6-5-9-25(26)28(34)30-22-7-3-2-4-8-22/h5-6,9-18,22H,2-4,7-8,19H2,1H3,(H,30,34)(H,31,33). The molecule has 0 aromatic heterocycles. The predicted molar refractivity (Wildman–Crippen MR) is 147 cm³/mol. The predicted octanol–water partition coefficient (Wildman–Crippen LogP) is 5.54. The molecule has 2 amide bonds. The molecule has 37 heavy (non-hydrogen) atoms. The fraction of sp³-hybridized carbons (Fsp3) is 0.286. The van der Waals surface area contributed by atoms with Crippen molar-refractivity contribution in [2.24, 2.45) is 0 Å². The number of halogens is 1. The minimum Gasteiger partial charge on any atom is -0.349 e. The molecule has 0 unspecified atom stereocenters. The Hall–Kier alpha value is -3.36. The van der Waals surface area contributed by atoms with Crippen LogP contribution in [0.25, 0.3) is 0 Å². The monoisotopic (exact) mass is 539 g/mol. The van der Waals surface area contributed by atoms with E-state index < -0.39 is 22.5 Å². The van der Waals surface area contributed by atoms with E-state index >= 15 is 0 Å². The van der Waals surface area contributed by atoms with Crippen LogP contribution in [0.3, 0.4) is 0 Å². The van der Waals surface area contributed by atoms with Crippen molar-refractivity contribution >= 4 is 44.8 Å². The van der Waals surface area contributed by atoms with E-state index in [2.05, 4.69) is 10.6 Å². The van der Waals surface area contributed by atoms with Crippen LogP contribution in [0.1, 0.15) is 48.0 Å². The quantitative estimate of drug-likeness (QED) is 0.392. The highest BCUT2D eigenvalue weighted by atomic mass is 35.5. The molecule has 1 fully saturated rings. The molecule has 0 radical (unpaired) electrons. The van der Waals surface area contributed by atoms with Gasteiger partial charge in [-0.05, 0) is 68.3 Å². The number of nitrogens with zero attached hydrogens (tertiary/aromatic N) is 1. The molecule has 4 rings (SSSR count). The van der Waals surface area contributed by atoms with Crippen molar-refractivity contribution in [1.82, 2.24) is 5.32 Å². The van der Waals surface area contributed by atoms with E-state index in [4.69, 9.17) is 11.6 Å². The number of carbonyl (C=O) groups is 2. The smallest absolute Gasteiger partial charge is 0.264 e. The molecule has 9 heteroatoms. The van der Waals surface area contributed by atoms with Crippen LogP contribution < -0.4 is 14.9 Å². The zero-order valence-electron chi connectivity index (χ0n) is 20.6. The second-order valence-electron chi connectivity index (χ2n) is 9.20. The molecular weight excluding hydrogens is 510 g/mol. The Kier molecular flexibility index (Phi) is 8.51.